The lowest BCUT2D eigenvalue weighted by atomic mass is 10.0. The van der Waals surface area contributed by atoms with E-state index in [4.69, 9.17) is 4.52 Å². The average Bonchev–Trinajstić information content (AvgIpc) is 3.14. The number of rotatable bonds is 5. The van der Waals surface area contributed by atoms with Gasteiger partial charge in [0.05, 0.1) is 0 Å². The molecule has 6 nitrogen and oxygen atoms in total. The first-order chi connectivity index (χ1) is 10.3. The molecule has 3 aromatic rings. The van der Waals surface area contributed by atoms with Crippen LogP contribution in [0.2, 0.25) is 0 Å². The molecule has 0 fully saturated rings. The van der Waals surface area contributed by atoms with Crippen LogP contribution in [0.1, 0.15) is 5.56 Å². The van der Waals surface area contributed by atoms with E-state index >= 15 is 0 Å². The molecule has 0 saturated heterocycles. The van der Waals surface area contributed by atoms with E-state index in [1.807, 2.05) is 43.1 Å². The maximum absolute atomic E-state index is 5.42. The summed E-state index contributed by atoms with van der Waals surface area (Å²) in [4.78, 5) is 8.70. The van der Waals surface area contributed by atoms with Crippen molar-refractivity contribution < 1.29 is 4.52 Å². The Kier molecular flexibility index (Phi) is 3.79. The van der Waals surface area contributed by atoms with Crippen LogP contribution in [0, 0.1) is 0 Å². The molecule has 0 amide bonds. The molecule has 0 radical (unpaired) electrons. The summed E-state index contributed by atoms with van der Waals surface area (Å²) in [6.45, 7) is 0.900. The molecule has 6 heteroatoms. The van der Waals surface area contributed by atoms with E-state index in [1.54, 1.807) is 6.20 Å². The highest BCUT2D eigenvalue weighted by molar-refractivity contribution is 5.60. The Morgan fingerprint density at radius 2 is 2.14 bits per heavy atom. The Hall–Kier alpha value is -2.47. The molecule has 2 heterocycles. The van der Waals surface area contributed by atoms with Gasteiger partial charge >= 0.3 is 0 Å². The number of hydrogen-bond donors (Lipinski definition) is 1. The monoisotopic (exact) mass is 283 g/mol. The number of nitrogens with one attached hydrogen (secondary N) is 1. The smallest absolute Gasteiger partial charge is 0.258 e. The van der Waals surface area contributed by atoms with Crippen LogP contribution in [0.3, 0.4) is 0 Å². The minimum Gasteiger partial charge on any atom is -0.333 e. The van der Waals surface area contributed by atoms with Crippen molar-refractivity contribution >= 4 is 0 Å². The number of hydrogen-bond acceptors (Lipinski definition) is 5. The molecule has 0 aliphatic carbocycles. The second kappa shape index (κ2) is 5.88. The van der Waals surface area contributed by atoms with Crippen LogP contribution >= 0.6 is 0 Å². The van der Waals surface area contributed by atoms with Crippen molar-refractivity contribution in [2.75, 3.05) is 13.6 Å². The molecule has 3 rings (SSSR count). The fraction of sp³-hybridized carbons (Fsp3) is 0.267. The summed E-state index contributed by atoms with van der Waals surface area (Å²) in [5.74, 6) is 1.72. The van der Waals surface area contributed by atoms with Gasteiger partial charge in [0.25, 0.3) is 5.89 Å². The van der Waals surface area contributed by atoms with Crippen molar-refractivity contribution in [3.8, 4) is 23.1 Å². The molecular formula is C15H17N5O. The topological polar surface area (TPSA) is 68.8 Å². The van der Waals surface area contributed by atoms with Crippen LogP contribution in [0.4, 0.5) is 0 Å². The molecule has 0 bridgehead atoms. The highest BCUT2D eigenvalue weighted by Gasteiger charge is 2.15. The number of imidazole rings is 1. The van der Waals surface area contributed by atoms with Crippen LogP contribution in [0.25, 0.3) is 23.1 Å². The van der Waals surface area contributed by atoms with Gasteiger partial charge < -0.3 is 14.4 Å². The largest absolute Gasteiger partial charge is 0.333 e. The summed E-state index contributed by atoms with van der Waals surface area (Å²) in [5, 5.41) is 7.18. The maximum atomic E-state index is 5.42. The van der Waals surface area contributed by atoms with Crippen molar-refractivity contribution in [1.82, 2.24) is 25.0 Å². The number of aromatic nitrogens is 4. The lowest BCUT2D eigenvalue weighted by molar-refractivity contribution is 0.431. The van der Waals surface area contributed by atoms with E-state index in [-0.39, 0.29) is 0 Å². The molecule has 0 unspecified atom stereocenters. The minimum atomic E-state index is 0.501. The van der Waals surface area contributed by atoms with Crippen molar-refractivity contribution in [2.45, 2.75) is 6.42 Å². The average molecular weight is 283 g/mol. The molecule has 1 aromatic carbocycles. The third-order valence-corrected chi connectivity index (χ3v) is 3.34. The summed E-state index contributed by atoms with van der Waals surface area (Å²) in [6.07, 6.45) is 4.48. The molecule has 0 aliphatic rings. The predicted octanol–water partition coefficient (Wildman–Crippen LogP) is 1.90. The quantitative estimate of drug-likeness (QED) is 0.774. The summed E-state index contributed by atoms with van der Waals surface area (Å²) < 4.78 is 7.28. The SMILES string of the molecule is CNCCc1ccccc1-c1nc(-c2nccn2C)no1. The molecule has 1 N–H and O–H groups in total. The van der Waals surface area contributed by atoms with Crippen LogP contribution < -0.4 is 5.32 Å². The summed E-state index contributed by atoms with van der Waals surface area (Å²) in [6, 6.07) is 8.07. The maximum Gasteiger partial charge on any atom is 0.258 e. The number of nitrogens with zero attached hydrogens (tertiary/aromatic N) is 4. The molecule has 0 saturated carbocycles. The minimum absolute atomic E-state index is 0.501. The molecular weight excluding hydrogens is 266 g/mol. The highest BCUT2D eigenvalue weighted by Crippen LogP contribution is 2.24. The van der Waals surface area contributed by atoms with Crippen molar-refractivity contribution in [2.24, 2.45) is 7.05 Å². The summed E-state index contributed by atoms with van der Waals surface area (Å²) >= 11 is 0. The van der Waals surface area contributed by atoms with Crippen LogP contribution in [-0.2, 0) is 13.5 Å². The van der Waals surface area contributed by atoms with E-state index < -0.39 is 0 Å². The molecule has 21 heavy (non-hydrogen) atoms. The van der Waals surface area contributed by atoms with E-state index in [0.717, 1.165) is 18.5 Å². The van der Waals surface area contributed by atoms with Gasteiger partial charge in [-0.2, -0.15) is 4.98 Å². The zero-order valence-corrected chi connectivity index (χ0v) is 12.1. The van der Waals surface area contributed by atoms with Gasteiger partial charge in [-0.1, -0.05) is 23.4 Å². The van der Waals surface area contributed by atoms with Crippen molar-refractivity contribution in [1.29, 1.82) is 0 Å². The van der Waals surface area contributed by atoms with Gasteiger partial charge in [0.2, 0.25) is 5.82 Å². The third-order valence-electron chi connectivity index (χ3n) is 3.34. The number of likely N-dealkylation sites (N-methyl/N-ethyl adjacent to an activating group) is 1. The summed E-state index contributed by atoms with van der Waals surface area (Å²) in [5.41, 5.74) is 2.16. The van der Waals surface area contributed by atoms with Crippen LogP contribution in [0.15, 0.2) is 41.2 Å². The zero-order chi connectivity index (χ0) is 14.7. The van der Waals surface area contributed by atoms with Gasteiger partial charge in [-0.3, -0.25) is 0 Å². The molecule has 2 aromatic heterocycles. The van der Waals surface area contributed by atoms with Gasteiger partial charge in [0, 0.05) is 25.0 Å². The first-order valence-electron chi connectivity index (χ1n) is 6.84. The molecule has 0 spiro atoms. The Labute approximate surface area is 122 Å². The van der Waals surface area contributed by atoms with Gasteiger partial charge in [0.15, 0.2) is 5.82 Å². The fourth-order valence-corrected chi connectivity index (χ4v) is 2.21. The lowest BCUT2D eigenvalue weighted by Crippen LogP contribution is -2.10. The van der Waals surface area contributed by atoms with Crippen molar-refractivity contribution in [3.63, 3.8) is 0 Å². The second-order valence-corrected chi connectivity index (χ2v) is 4.80. The van der Waals surface area contributed by atoms with Gasteiger partial charge in [0.1, 0.15) is 0 Å². The zero-order valence-electron chi connectivity index (χ0n) is 12.1. The van der Waals surface area contributed by atoms with Gasteiger partial charge in [-0.15, -0.1) is 0 Å². The number of aryl methyl sites for hydroxylation is 1. The Morgan fingerprint density at radius 3 is 2.90 bits per heavy atom. The predicted molar refractivity (Wildman–Crippen MR) is 79.6 cm³/mol. The van der Waals surface area contributed by atoms with E-state index in [9.17, 15) is 0 Å². The molecule has 108 valence electrons. The molecule has 0 aliphatic heterocycles. The lowest BCUT2D eigenvalue weighted by Gasteiger charge is -2.05. The van der Waals surface area contributed by atoms with Gasteiger partial charge in [-0.25, -0.2) is 4.98 Å². The highest BCUT2D eigenvalue weighted by atomic mass is 16.5. The van der Waals surface area contributed by atoms with E-state index in [1.165, 1.54) is 5.56 Å². The normalized spacial score (nSPS) is 11.0. The fourth-order valence-electron chi connectivity index (χ4n) is 2.21. The molecule has 0 atom stereocenters. The first kappa shape index (κ1) is 13.5. The van der Waals surface area contributed by atoms with Gasteiger partial charge in [-0.05, 0) is 31.6 Å². The first-order valence-corrected chi connectivity index (χ1v) is 6.84. The Balaban J connectivity index is 1.95. The van der Waals surface area contributed by atoms with Crippen LogP contribution in [0.5, 0.6) is 0 Å². The Morgan fingerprint density at radius 1 is 1.29 bits per heavy atom. The Bertz CT molecular complexity index is 731. The van der Waals surface area contributed by atoms with Crippen molar-refractivity contribution in [3.05, 3.63) is 42.2 Å². The van der Waals surface area contributed by atoms with E-state index in [0.29, 0.717) is 17.5 Å². The van der Waals surface area contributed by atoms with Crippen LogP contribution in [-0.4, -0.2) is 33.3 Å². The number of benzene rings is 1. The standard InChI is InChI=1S/C15H17N5O/c1-16-8-7-11-5-3-4-6-12(11)15-18-13(19-21-15)14-17-9-10-20(14)2/h3-6,9-10,16H,7-8H2,1-2H3. The summed E-state index contributed by atoms with van der Waals surface area (Å²) in [7, 11) is 3.84. The third kappa shape index (κ3) is 2.71. The second-order valence-electron chi connectivity index (χ2n) is 4.80. The van der Waals surface area contributed by atoms with E-state index in [2.05, 4.69) is 26.5 Å².